The molecule has 0 atom stereocenters. The number of nitrogens with one attached hydrogen (secondary N) is 1. The lowest BCUT2D eigenvalue weighted by atomic mass is 10.3. The molecule has 0 unspecified atom stereocenters. The first kappa shape index (κ1) is 13.1. The number of pyridine rings is 1. The van der Waals surface area contributed by atoms with Gasteiger partial charge in [-0.1, -0.05) is 29.0 Å². The van der Waals surface area contributed by atoms with Gasteiger partial charge in [-0.3, -0.25) is 0 Å². The predicted molar refractivity (Wildman–Crippen MR) is 63.7 cm³/mol. The average molecular weight is 294 g/mol. The van der Waals surface area contributed by atoms with Crippen LogP contribution in [0, 0.1) is 0 Å². The van der Waals surface area contributed by atoms with Gasteiger partial charge < -0.3 is 5.32 Å². The third kappa shape index (κ3) is 3.33. The number of aromatic nitrogens is 2. The van der Waals surface area contributed by atoms with E-state index < -0.39 is 11.1 Å². The molecule has 2 rings (SSSR count). The second-order valence-electron chi connectivity index (χ2n) is 3.37. The second-order valence-corrected chi connectivity index (χ2v) is 4.79. The van der Waals surface area contributed by atoms with E-state index in [1.54, 1.807) is 18.3 Å². The molecule has 0 aliphatic rings. The first-order valence-electron chi connectivity index (χ1n) is 4.82. The van der Waals surface area contributed by atoms with Crippen molar-refractivity contribution < 1.29 is 13.2 Å². The Balaban J connectivity index is 1.98. The smallest absolute Gasteiger partial charge is 0.357 e. The van der Waals surface area contributed by atoms with E-state index in [0.29, 0.717) is 23.0 Å². The van der Waals surface area contributed by atoms with Crippen LogP contribution in [0.3, 0.4) is 0 Å². The zero-order valence-corrected chi connectivity index (χ0v) is 10.4. The Morgan fingerprint density at radius 2 is 2.00 bits per heavy atom. The van der Waals surface area contributed by atoms with Crippen LogP contribution in [0.2, 0.25) is 5.15 Å². The molecule has 2 aromatic heterocycles. The number of nitrogens with zero attached hydrogens (tertiary/aromatic N) is 2. The molecule has 0 radical (unpaired) electrons. The Labute approximate surface area is 110 Å². The summed E-state index contributed by atoms with van der Waals surface area (Å²) in [6, 6.07) is 3.35. The van der Waals surface area contributed by atoms with Crippen molar-refractivity contribution in [1.82, 2.24) is 9.97 Å². The van der Waals surface area contributed by atoms with Crippen molar-refractivity contribution >= 4 is 28.1 Å². The van der Waals surface area contributed by atoms with Crippen molar-refractivity contribution in [2.45, 2.75) is 12.7 Å². The minimum Gasteiger partial charge on any atom is -0.357 e. The molecule has 1 N–H and O–H groups in total. The summed E-state index contributed by atoms with van der Waals surface area (Å²) in [4.78, 5) is 6.80. The van der Waals surface area contributed by atoms with Crippen LogP contribution in [0.25, 0.3) is 0 Å². The molecule has 0 spiro atoms. The van der Waals surface area contributed by atoms with E-state index >= 15 is 0 Å². The molecule has 0 saturated carbocycles. The van der Waals surface area contributed by atoms with Crippen LogP contribution >= 0.6 is 22.9 Å². The summed E-state index contributed by atoms with van der Waals surface area (Å²) in [5.74, 6) is 0. The van der Waals surface area contributed by atoms with Crippen molar-refractivity contribution in [3.8, 4) is 0 Å². The molecule has 8 heteroatoms. The summed E-state index contributed by atoms with van der Waals surface area (Å²) in [5, 5.41) is 3.38. The highest BCUT2D eigenvalue weighted by Gasteiger charge is 2.33. The zero-order chi connectivity index (χ0) is 13.2. The molecule has 0 aliphatic carbocycles. The Kier molecular flexibility index (Phi) is 3.72. The number of halogens is 4. The summed E-state index contributed by atoms with van der Waals surface area (Å²) >= 11 is 6.18. The molecular formula is C10H7ClF3N3S. The van der Waals surface area contributed by atoms with E-state index in [9.17, 15) is 13.2 Å². The van der Waals surface area contributed by atoms with Gasteiger partial charge in [-0.05, 0) is 11.6 Å². The van der Waals surface area contributed by atoms with Crippen LogP contribution < -0.4 is 5.32 Å². The molecule has 0 fully saturated rings. The Hall–Kier alpha value is -1.34. The number of hydrogen-bond acceptors (Lipinski definition) is 4. The van der Waals surface area contributed by atoms with E-state index in [-0.39, 0.29) is 5.13 Å². The lowest BCUT2D eigenvalue weighted by Crippen LogP contribution is -2.01. The van der Waals surface area contributed by atoms with Crippen molar-refractivity contribution in [1.29, 1.82) is 0 Å². The maximum atomic E-state index is 12.3. The number of anilines is 1. The van der Waals surface area contributed by atoms with Crippen molar-refractivity contribution in [2.24, 2.45) is 0 Å². The topological polar surface area (TPSA) is 37.8 Å². The fraction of sp³-hybridized carbons (Fsp3) is 0.200. The maximum absolute atomic E-state index is 12.3. The first-order chi connectivity index (χ1) is 8.45. The first-order valence-corrected chi connectivity index (χ1v) is 6.02. The van der Waals surface area contributed by atoms with E-state index in [4.69, 9.17) is 11.6 Å². The summed E-state index contributed by atoms with van der Waals surface area (Å²) < 4.78 is 37.0. The van der Waals surface area contributed by atoms with Gasteiger partial charge in [0.15, 0.2) is 5.13 Å². The Morgan fingerprint density at radius 3 is 2.56 bits per heavy atom. The quantitative estimate of drug-likeness (QED) is 0.874. The van der Waals surface area contributed by atoms with Gasteiger partial charge in [-0.25, -0.2) is 9.97 Å². The molecule has 0 bridgehead atoms. The molecule has 0 amide bonds. The number of hydrogen-bond donors (Lipinski definition) is 1. The molecule has 0 aromatic carbocycles. The second kappa shape index (κ2) is 5.11. The van der Waals surface area contributed by atoms with Crippen molar-refractivity contribution in [3.63, 3.8) is 0 Å². The van der Waals surface area contributed by atoms with Gasteiger partial charge in [0.25, 0.3) is 0 Å². The third-order valence-corrected chi connectivity index (χ3v) is 3.24. The van der Waals surface area contributed by atoms with Gasteiger partial charge in [0.05, 0.1) is 6.20 Å². The minimum absolute atomic E-state index is 0.220. The molecule has 0 aliphatic heterocycles. The van der Waals surface area contributed by atoms with E-state index in [2.05, 4.69) is 15.3 Å². The normalized spacial score (nSPS) is 11.6. The van der Waals surface area contributed by atoms with E-state index in [1.807, 2.05) is 0 Å². The number of rotatable bonds is 3. The van der Waals surface area contributed by atoms with Gasteiger partial charge in [-0.15, -0.1) is 0 Å². The Bertz CT molecular complexity index is 524. The highest BCUT2D eigenvalue weighted by Crippen LogP contribution is 2.35. The molecule has 2 heterocycles. The summed E-state index contributed by atoms with van der Waals surface area (Å²) in [6.07, 6.45) is -1.99. The summed E-state index contributed by atoms with van der Waals surface area (Å²) in [6.45, 7) is 0.342. The van der Waals surface area contributed by atoms with Crippen LogP contribution in [0.1, 0.15) is 10.4 Å². The van der Waals surface area contributed by atoms with Gasteiger partial charge in [-0.2, -0.15) is 13.2 Å². The molecule has 18 heavy (non-hydrogen) atoms. The highest BCUT2D eigenvalue weighted by molar-refractivity contribution is 7.15. The number of thiazole rings is 1. The predicted octanol–water partition coefficient (Wildman–Crippen LogP) is 3.82. The van der Waals surface area contributed by atoms with Crippen LogP contribution in [-0.4, -0.2) is 9.97 Å². The van der Waals surface area contributed by atoms with Crippen LogP contribution in [-0.2, 0) is 12.7 Å². The fourth-order valence-corrected chi connectivity index (χ4v) is 1.97. The van der Waals surface area contributed by atoms with Crippen LogP contribution in [0.15, 0.2) is 24.5 Å². The van der Waals surface area contributed by atoms with Gasteiger partial charge in [0.1, 0.15) is 10.0 Å². The van der Waals surface area contributed by atoms with Gasteiger partial charge in [0.2, 0.25) is 0 Å². The zero-order valence-electron chi connectivity index (χ0n) is 8.83. The molecule has 2 aromatic rings. The molecule has 3 nitrogen and oxygen atoms in total. The molecule has 96 valence electrons. The van der Waals surface area contributed by atoms with Crippen LogP contribution in [0.5, 0.6) is 0 Å². The monoisotopic (exact) mass is 293 g/mol. The van der Waals surface area contributed by atoms with E-state index in [1.165, 1.54) is 0 Å². The lowest BCUT2D eigenvalue weighted by Gasteiger charge is -2.02. The average Bonchev–Trinajstić information content (AvgIpc) is 2.77. The SMILES string of the molecule is FC(F)(F)c1cnc(NCc2ccc(Cl)nc2)s1. The van der Waals surface area contributed by atoms with Crippen molar-refractivity contribution in [3.05, 3.63) is 40.1 Å². The van der Waals surface area contributed by atoms with Crippen LogP contribution in [0.4, 0.5) is 18.3 Å². The van der Waals surface area contributed by atoms with Crippen molar-refractivity contribution in [2.75, 3.05) is 5.32 Å². The van der Waals surface area contributed by atoms with E-state index in [0.717, 1.165) is 11.8 Å². The fourth-order valence-electron chi connectivity index (χ4n) is 1.18. The lowest BCUT2D eigenvalue weighted by molar-refractivity contribution is -0.134. The van der Waals surface area contributed by atoms with Gasteiger partial charge >= 0.3 is 6.18 Å². The minimum atomic E-state index is -4.35. The summed E-state index contributed by atoms with van der Waals surface area (Å²) in [5.41, 5.74) is 0.808. The Morgan fingerprint density at radius 1 is 1.22 bits per heavy atom. The van der Waals surface area contributed by atoms with Gasteiger partial charge in [0, 0.05) is 12.7 Å². The number of alkyl halides is 3. The molecular weight excluding hydrogens is 287 g/mol. The maximum Gasteiger partial charge on any atom is 0.427 e. The highest BCUT2D eigenvalue weighted by atomic mass is 35.5. The summed E-state index contributed by atoms with van der Waals surface area (Å²) in [7, 11) is 0. The molecule has 0 saturated heterocycles. The third-order valence-electron chi connectivity index (χ3n) is 2.02. The standard InChI is InChI=1S/C10H7ClF3N3S/c11-8-2-1-6(3-15-8)4-16-9-17-5-7(18-9)10(12,13)14/h1-3,5H,4H2,(H,16,17). The largest absolute Gasteiger partial charge is 0.427 e.